The first-order chi connectivity index (χ1) is 7.25. The lowest BCUT2D eigenvalue weighted by Gasteiger charge is -2.03. The van der Waals surface area contributed by atoms with Gasteiger partial charge in [-0.1, -0.05) is 11.8 Å². The zero-order valence-corrected chi connectivity index (χ0v) is 8.66. The van der Waals surface area contributed by atoms with Crippen molar-refractivity contribution < 1.29 is 9.52 Å². The van der Waals surface area contributed by atoms with E-state index in [1.165, 1.54) is 30.2 Å². The van der Waals surface area contributed by atoms with Crippen LogP contribution in [0.1, 0.15) is 10.4 Å². The molecule has 2 rings (SSSR count). The van der Waals surface area contributed by atoms with Crippen molar-refractivity contribution in [3.63, 3.8) is 0 Å². The van der Waals surface area contributed by atoms with Gasteiger partial charge in [0.15, 0.2) is 17.6 Å². The van der Waals surface area contributed by atoms with E-state index in [4.69, 9.17) is 0 Å². The normalized spacial score (nSPS) is 14.8. The predicted octanol–water partition coefficient (Wildman–Crippen LogP) is 0.153. The first-order valence-electron chi connectivity index (χ1n) is 4.43. The minimum absolute atomic E-state index is 0.298. The molecule has 78 valence electrons. The summed E-state index contributed by atoms with van der Waals surface area (Å²) in [4.78, 5) is 15.7. The summed E-state index contributed by atoms with van der Waals surface area (Å²) < 4.78 is 0.596. The highest BCUT2D eigenvalue weighted by Crippen LogP contribution is 2.09. The molecule has 0 bridgehead atoms. The molecule has 0 fully saturated rings. The zero-order valence-electron chi connectivity index (χ0n) is 7.84. The Kier molecular flexibility index (Phi) is 2.86. The molecule has 0 spiro atoms. The Labute approximate surface area is 90.8 Å². The fourth-order valence-electron chi connectivity index (χ4n) is 1.17. The minimum atomic E-state index is -0.298. The molecule has 1 aromatic rings. The van der Waals surface area contributed by atoms with E-state index in [0.29, 0.717) is 15.5 Å². The number of nitrogens with one attached hydrogen (secondary N) is 1. The third-order valence-electron chi connectivity index (χ3n) is 1.84. The number of hydrogen-bond acceptors (Lipinski definition) is 4. The molecule has 0 unspecified atom stereocenters. The van der Waals surface area contributed by atoms with Crippen LogP contribution in [-0.4, -0.2) is 23.4 Å². The predicted molar refractivity (Wildman–Crippen MR) is 57.6 cm³/mol. The van der Waals surface area contributed by atoms with Crippen molar-refractivity contribution in [3.8, 4) is 0 Å². The molecular weight excluding hydrogens is 214 g/mol. The number of aliphatic imine (C=N–C) groups is 1. The Morgan fingerprint density at radius 3 is 3.20 bits per heavy atom. The molecule has 1 aliphatic rings. The Hall–Kier alpha value is -1.56. The molecule has 1 aliphatic heterocycles. The summed E-state index contributed by atoms with van der Waals surface area (Å²) in [5, 5.41) is 14.2. The molecule has 0 radical (unpaired) electrons. The molecule has 0 aromatic carbocycles. The summed E-state index contributed by atoms with van der Waals surface area (Å²) in [6.07, 6.45) is 2.56. The maximum Gasteiger partial charge on any atom is 0.263 e. The first-order valence-corrected chi connectivity index (χ1v) is 5.42. The van der Waals surface area contributed by atoms with Gasteiger partial charge in [-0.05, 0) is 6.07 Å². The molecule has 0 aliphatic carbocycles. The van der Waals surface area contributed by atoms with Gasteiger partial charge in [0.25, 0.3) is 5.91 Å². The third kappa shape index (κ3) is 2.47. The molecule has 0 saturated carbocycles. The highest BCUT2D eigenvalue weighted by Gasteiger charge is 2.13. The van der Waals surface area contributed by atoms with Gasteiger partial charge < -0.3 is 10.5 Å². The van der Waals surface area contributed by atoms with Gasteiger partial charge >= 0.3 is 0 Å². The number of thioether (sulfide) groups is 1. The van der Waals surface area contributed by atoms with Crippen LogP contribution in [0.25, 0.3) is 0 Å². The second kappa shape index (κ2) is 4.31. The van der Waals surface area contributed by atoms with Gasteiger partial charge in [0.1, 0.15) is 5.56 Å². The summed E-state index contributed by atoms with van der Waals surface area (Å²) in [5.41, 5.74) is 0.336. The SMILES string of the molecule is O=C(NC1=NCCS1)c1ccc[n+]([O-])c1. The molecule has 1 aromatic heterocycles. The Balaban J connectivity index is 2.07. The topological polar surface area (TPSA) is 68.4 Å². The second-order valence-electron chi connectivity index (χ2n) is 2.94. The van der Waals surface area contributed by atoms with Crippen LogP contribution in [0.15, 0.2) is 29.5 Å². The van der Waals surface area contributed by atoms with E-state index < -0.39 is 0 Å². The number of amidine groups is 1. The Bertz CT molecular complexity index is 420. The zero-order chi connectivity index (χ0) is 10.7. The van der Waals surface area contributed by atoms with Gasteiger partial charge in [-0.3, -0.25) is 9.79 Å². The van der Waals surface area contributed by atoms with Crippen molar-refractivity contribution in [2.75, 3.05) is 12.3 Å². The lowest BCUT2D eigenvalue weighted by Crippen LogP contribution is -2.31. The van der Waals surface area contributed by atoms with Crippen molar-refractivity contribution in [2.24, 2.45) is 4.99 Å². The average Bonchev–Trinajstić information content (AvgIpc) is 2.70. The quantitative estimate of drug-likeness (QED) is 0.544. The van der Waals surface area contributed by atoms with Gasteiger partial charge in [0, 0.05) is 11.8 Å². The number of nitrogens with zero attached hydrogens (tertiary/aromatic N) is 2. The smallest absolute Gasteiger partial charge is 0.263 e. The standard InChI is InChI=1S/C9H9N3O2S/c13-8(11-9-10-3-5-15-9)7-2-1-4-12(14)6-7/h1-2,4,6H,3,5H2,(H,10,11,13). The molecular formula is C9H9N3O2S. The fourth-order valence-corrected chi connectivity index (χ4v) is 1.89. The summed E-state index contributed by atoms with van der Waals surface area (Å²) in [7, 11) is 0. The summed E-state index contributed by atoms with van der Waals surface area (Å²) in [5.74, 6) is 0.597. The van der Waals surface area contributed by atoms with Crippen LogP contribution in [0, 0.1) is 5.21 Å². The van der Waals surface area contributed by atoms with Gasteiger partial charge in [0.05, 0.1) is 6.54 Å². The van der Waals surface area contributed by atoms with Crippen LogP contribution in [0.5, 0.6) is 0 Å². The molecule has 0 saturated heterocycles. The Morgan fingerprint density at radius 2 is 2.53 bits per heavy atom. The lowest BCUT2D eigenvalue weighted by molar-refractivity contribution is -0.605. The van der Waals surface area contributed by atoms with E-state index in [2.05, 4.69) is 10.3 Å². The fraction of sp³-hybridized carbons (Fsp3) is 0.222. The lowest BCUT2D eigenvalue weighted by atomic mass is 10.3. The van der Waals surface area contributed by atoms with Crippen molar-refractivity contribution in [3.05, 3.63) is 35.3 Å². The monoisotopic (exact) mass is 223 g/mol. The number of pyridine rings is 1. The molecule has 1 N–H and O–H groups in total. The van der Waals surface area contributed by atoms with Crippen LogP contribution in [0.3, 0.4) is 0 Å². The van der Waals surface area contributed by atoms with Crippen molar-refractivity contribution >= 4 is 22.8 Å². The molecule has 15 heavy (non-hydrogen) atoms. The molecule has 6 heteroatoms. The Morgan fingerprint density at radius 1 is 1.67 bits per heavy atom. The number of hydrogen-bond donors (Lipinski definition) is 1. The number of aromatic nitrogens is 1. The van der Waals surface area contributed by atoms with E-state index in [9.17, 15) is 10.0 Å². The first kappa shape index (κ1) is 9.97. The molecule has 5 nitrogen and oxygen atoms in total. The van der Waals surface area contributed by atoms with Crippen LogP contribution in [0.2, 0.25) is 0 Å². The van der Waals surface area contributed by atoms with Crippen LogP contribution in [0.4, 0.5) is 0 Å². The van der Waals surface area contributed by atoms with E-state index in [-0.39, 0.29) is 5.91 Å². The molecule has 1 amide bonds. The number of carbonyl (C=O) groups is 1. The largest absolute Gasteiger partial charge is 0.619 e. The minimum Gasteiger partial charge on any atom is -0.619 e. The maximum absolute atomic E-state index is 11.6. The highest BCUT2D eigenvalue weighted by molar-refractivity contribution is 8.14. The highest BCUT2D eigenvalue weighted by atomic mass is 32.2. The number of carbonyl (C=O) groups excluding carboxylic acids is 1. The van der Waals surface area contributed by atoms with Gasteiger partial charge in [-0.15, -0.1) is 0 Å². The summed E-state index contributed by atoms with van der Waals surface area (Å²) in [6, 6.07) is 3.12. The van der Waals surface area contributed by atoms with Gasteiger partial charge in [0.2, 0.25) is 0 Å². The van der Waals surface area contributed by atoms with E-state index in [1.807, 2.05) is 0 Å². The van der Waals surface area contributed by atoms with Gasteiger partial charge in [-0.25, -0.2) is 0 Å². The van der Waals surface area contributed by atoms with Crippen LogP contribution in [-0.2, 0) is 0 Å². The van der Waals surface area contributed by atoms with E-state index in [1.54, 1.807) is 6.07 Å². The second-order valence-corrected chi connectivity index (χ2v) is 4.03. The van der Waals surface area contributed by atoms with E-state index >= 15 is 0 Å². The molecule has 0 atom stereocenters. The van der Waals surface area contributed by atoms with Crippen LogP contribution < -0.4 is 10.0 Å². The third-order valence-corrected chi connectivity index (χ3v) is 2.73. The van der Waals surface area contributed by atoms with Crippen molar-refractivity contribution in [1.82, 2.24) is 5.32 Å². The van der Waals surface area contributed by atoms with Crippen molar-refractivity contribution in [2.45, 2.75) is 0 Å². The number of amides is 1. The average molecular weight is 223 g/mol. The maximum atomic E-state index is 11.6. The number of rotatable bonds is 1. The van der Waals surface area contributed by atoms with Gasteiger partial charge in [-0.2, -0.15) is 4.73 Å². The van der Waals surface area contributed by atoms with E-state index in [0.717, 1.165) is 12.3 Å². The summed E-state index contributed by atoms with van der Waals surface area (Å²) >= 11 is 1.50. The van der Waals surface area contributed by atoms with Crippen LogP contribution >= 0.6 is 11.8 Å². The van der Waals surface area contributed by atoms with Crippen molar-refractivity contribution in [1.29, 1.82) is 0 Å². The molecule has 2 heterocycles. The summed E-state index contributed by atoms with van der Waals surface area (Å²) in [6.45, 7) is 0.733.